The smallest absolute Gasteiger partial charge is 0.275 e. The highest BCUT2D eigenvalue weighted by Gasteiger charge is 2.17. The predicted molar refractivity (Wildman–Crippen MR) is 106 cm³/mol. The van der Waals surface area contributed by atoms with Crippen LogP contribution in [0.4, 0.5) is 5.69 Å². The molecule has 0 bridgehead atoms. The van der Waals surface area contributed by atoms with Gasteiger partial charge in [0.25, 0.3) is 5.56 Å². The first kappa shape index (κ1) is 18.3. The lowest BCUT2D eigenvalue weighted by Crippen LogP contribution is -2.30. The van der Waals surface area contributed by atoms with Crippen LogP contribution in [0, 0.1) is 6.92 Å². The number of amides is 1. The lowest BCUT2D eigenvalue weighted by atomic mass is 10.1. The van der Waals surface area contributed by atoms with Crippen molar-refractivity contribution in [3.8, 4) is 11.5 Å². The Morgan fingerprint density at radius 3 is 2.61 bits per heavy atom. The summed E-state index contributed by atoms with van der Waals surface area (Å²) in [5.41, 5.74) is 0.749. The predicted octanol–water partition coefficient (Wildman–Crippen LogP) is 3.16. The topological polar surface area (TPSA) is 82.5 Å². The van der Waals surface area contributed by atoms with Crippen molar-refractivity contribution in [2.24, 2.45) is 0 Å². The molecule has 0 saturated carbocycles. The number of rotatable bonds is 3. The summed E-state index contributed by atoms with van der Waals surface area (Å²) >= 11 is 6.26. The van der Waals surface area contributed by atoms with Crippen molar-refractivity contribution in [2.75, 3.05) is 18.5 Å². The molecule has 144 valence electrons. The SMILES string of the molecule is Cc1nn(CC(=O)Nc2cc3c(cc2Cl)OCCCO3)c(=O)c2ccccc12. The summed E-state index contributed by atoms with van der Waals surface area (Å²) < 4.78 is 12.4. The van der Waals surface area contributed by atoms with Crippen LogP contribution in [0.15, 0.2) is 41.2 Å². The second-order valence-corrected chi connectivity index (χ2v) is 6.88. The third-order valence-electron chi connectivity index (χ3n) is 4.46. The molecular formula is C20H18ClN3O4. The summed E-state index contributed by atoms with van der Waals surface area (Å²) in [6.07, 6.45) is 0.768. The molecule has 1 aliphatic heterocycles. The zero-order chi connectivity index (χ0) is 19.7. The number of aryl methyl sites for hydroxylation is 1. The van der Waals surface area contributed by atoms with E-state index in [9.17, 15) is 9.59 Å². The number of ether oxygens (including phenoxy) is 2. The second-order valence-electron chi connectivity index (χ2n) is 6.47. The molecule has 0 unspecified atom stereocenters. The number of benzene rings is 2. The van der Waals surface area contributed by atoms with Gasteiger partial charge in [0.2, 0.25) is 5.91 Å². The Hall–Kier alpha value is -3.06. The molecule has 3 aromatic rings. The number of hydrogen-bond donors (Lipinski definition) is 1. The highest BCUT2D eigenvalue weighted by molar-refractivity contribution is 6.34. The summed E-state index contributed by atoms with van der Waals surface area (Å²) in [7, 11) is 0. The molecule has 0 fully saturated rings. The van der Waals surface area contributed by atoms with Crippen molar-refractivity contribution in [3.05, 3.63) is 57.5 Å². The van der Waals surface area contributed by atoms with Gasteiger partial charge in [0.1, 0.15) is 6.54 Å². The van der Waals surface area contributed by atoms with Gasteiger partial charge >= 0.3 is 0 Å². The molecule has 0 spiro atoms. The number of nitrogens with zero attached hydrogens (tertiary/aromatic N) is 2. The highest BCUT2D eigenvalue weighted by atomic mass is 35.5. The Morgan fingerprint density at radius 2 is 1.86 bits per heavy atom. The average molecular weight is 400 g/mol. The number of carbonyl (C=O) groups excluding carboxylic acids is 1. The molecule has 1 amide bonds. The first-order valence-electron chi connectivity index (χ1n) is 8.88. The minimum absolute atomic E-state index is 0.227. The van der Waals surface area contributed by atoms with Crippen LogP contribution in [-0.2, 0) is 11.3 Å². The Kier molecular flexibility index (Phi) is 4.92. The van der Waals surface area contributed by atoms with E-state index in [-0.39, 0.29) is 12.1 Å². The Morgan fingerprint density at radius 1 is 1.18 bits per heavy atom. The van der Waals surface area contributed by atoms with Crippen LogP contribution < -0.4 is 20.3 Å². The number of aromatic nitrogens is 2. The van der Waals surface area contributed by atoms with Crippen molar-refractivity contribution in [3.63, 3.8) is 0 Å². The van der Waals surface area contributed by atoms with E-state index >= 15 is 0 Å². The summed E-state index contributed by atoms with van der Waals surface area (Å²) in [5, 5.41) is 8.60. The van der Waals surface area contributed by atoms with E-state index in [0.717, 1.165) is 16.5 Å². The summed E-state index contributed by atoms with van der Waals surface area (Å²) in [6.45, 7) is 2.65. The molecule has 1 aromatic heterocycles. The zero-order valence-electron chi connectivity index (χ0n) is 15.2. The van der Waals surface area contributed by atoms with Crippen molar-refractivity contribution < 1.29 is 14.3 Å². The van der Waals surface area contributed by atoms with Crippen LogP contribution in [0.5, 0.6) is 11.5 Å². The molecule has 4 rings (SSSR count). The average Bonchev–Trinajstić information content (AvgIpc) is 2.91. The van der Waals surface area contributed by atoms with Crippen LogP contribution in [-0.4, -0.2) is 28.9 Å². The molecule has 7 nitrogen and oxygen atoms in total. The number of fused-ring (bicyclic) bond motifs is 2. The van der Waals surface area contributed by atoms with Gasteiger partial charge in [-0.15, -0.1) is 0 Å². The molecule has 2 heterocycles. The number of carbonyl (C=O) groups is 1. The third-order valence-corrected chi connectivity index (χ3v) is 4.77. The fourth-order valence-electron chi connectivity index (χ4n) is 3.12. The quantitative estimate of drug-likeness (QED) is 0.731. The molecule has 0 aliphatic carbocycles. The van der Waals surface area contributed by atoms with Gasteiger partial charge in [-0.25, -0.2) is 4.68 Å². The van der Waals surface area contributed by atoms with Gasteiger partial charge in [-0.1, -0.05) is 29.8 Å². The minimum atomic E-state index is -0.416. The number of anilines is 1. The number of hydrogen-bond acceptors (Lipinski definition) is 5. The van der Waals surface area contributed by atoms with Gasteiger partial charge in [0.05, 0.1) is 35.0 Å². The van der Waals surface area contributed by atoms with Gasteiger partial charge in [-0.3, -0.25) is 9.59 Å². The lowest BCUT2D eigenvalue weighted by Gasteiger charge is -2.13. The van der Waals surface area contributed by atoms with E-state index in [1.54, 1.807) is 31.2 Å². The molecular weight excluding hydrogens is 382 g/mol. The van der Waals surface area contributed by atoms with Crippen LogP contribution in [0.25, 0.3) is 10.8 Å². The molecule has 2 aromatic carbocycles. The molecule has 28 heavy (non-hydrogen) atoms. The highest BCUT2D eigenvalue weighted by Crippen LogP contribution is 2.37. The van der Waals surface area contributed by atoms with Crippen molar-refractivity contribution in [1.82, 2.24) is 9.78 Å². The molecule has 0 radical (unpaired) electrons. The van der Waals surface area contributed by atoms with Crippen molar-refractivity contribution in [2.45, 2.75) is 19.9 Å². The summed E-state index contributed by atoms with van der Waals surface area (Å²) in [5.74, 6) is 0.651. The Bertz CT molecular complexity index is 1130. The van der Waals surface area contributed by atoms with E-state index in [4.69, 9.17) is 21.1 Å². The van der Waals surface area contributed by atoms with Gasteiger partial charge in [0.15, 0.2) is 11.5 Å². The summed E-state index contributed by atoms with van der Waals surface area (Å²) in [4.78, 5) is 25.2. The van der Waals surface area contributed by atoms with Crippen LogP contribution in [0.1, 0.15) is 12.1 Å². The first-order valence-corrected chi connectivity index (χ1v) is 9.26. The van der Waals surface area contributed by atoms with Gasteiger partial charge in [-0.05, 0) is 13.0 Å². The minimum Gasteiger partial charge on any atom is -0.490 e. The van der Waals surface area contributed by atoms with Gasteiger partial charge in [-0.2, -0.15) is 5.10 Å². The van der Waals surface area contributed by atoms with Crippen LogP contribution in [0.3, 0.4) is 0 Å². The van der Waals surface area contributed by atoms with E-state index in [0.29, 0.717) is 46.5 Å². The van der Waals surface area contributed by atoms with Crippen molar-refractivity contribution >= 4 is 34.0 Å². The monoisotopic (exact) mass is 399 g/mol. The van der Waals surface area contributed by atoms with Crippen LogP contribution >= 0.6 is 11.6 Å². The normalized spacial score (nSPS) is 13.2. The number of nitrogens with one attached hydrogen (secondary N) is 1. The fraction of sp³-hybridized carbons (Fsp3) is 0.250. The zero-order valence-corrected chi connectivity index (χ0v) is 16.0. The third kappa shape index (κ3) is 3.53. The largest absolute Gasteiger partial charge is 0.490 e. The van der Waals surface area contributed by atoms with E-state index in [1.165, 1.54) is 0 Å². The second kappa shape index (κ2) is 7.52. The van der Waals surface area contributed by atoms with E-state index in [2.05, 4.69) is 10.4 Å². The van der Waals surface area contributed by atoms with E-state index in [1.807, 2.05) is 12.1 Å². The lowest BCUT2D eigenvalue weighted by molar-refractivity contribution is -0.117. The standard InChI is InChI=1S/C20H18ClN3O4/c1-12-13-5-2-3-6-14(13)20(26)24(23-12)11-19(25)22-16-10-18-17(9-15(16)21)27-7-4-8-28-18/h2-3,5-6,9-10H,4,7-8,11H2,1H3,(H,22,25). The van der Waals surface area contributed by atoms with Crippen molar-refractivity contribution in [1.29, 1.82) is 0 Å². The molecule has 8 heteroatoms. The Balaban J connectivity index is 1.59. The number of halogens is 1. The summed E-state index contributed by atoms with van der Waals surface area (Å²) in [6, 6.07) is 10.4. The van der Waals surface area contributed by atoms with Crippen LogP contribution in [0.2, 0.25) is 5.02 Å². The maximum absolute atomic E-state index is 12.6. The van der Waals surface area contributed by atoms with Gasteiger partial charge in [0, 0.05) is 23.9 Å². The van der Waals surface area contributed by atoms with Gasteiger partial charge < -0.3 is 14.8 Å². The maximum Gasteiger partial charge on any atom is 0.275 e. The maximum atomic E-state index is 12.6. The molecule has 0 saturated heterocycles. The molecule has 0 atom stereocenters. The molecule has 1 N–H and O–H groups in total. The fourth-order valence-corrected chi connectivity index (χ4v) is 3.32. The first-order chi connectivity index (χ1) is 13.5. The molecule has 1 aliphatic rings. The van der Waals surface area contributed by atoms with E-state index < -0.39 is 5.91 Å². The Labute approximate surface area is 165 Å².